The zero-order chi connectivity index (χ0) is 29.2. The molecule has 41 heavy (non-hydrogen) atoms. The molecule has 220 valence electrons. The average Bonchev–Trinajstić information content (AvgIpc) is 3.54. The highest BCUT2D eigenvalue weighted by Gasteiger charge is 2.77. The Kier molecular flexibility index (Phi) is 8.66. The van der Waals surface area contributed by atoms with Gasteiger partial charge < -0.3 is 25.4 Å². The van der Waals surface area contributed by atoms with Gasteiger partial charge in [0.25, 0.3) is 0 Å². The van der Waals surface area contributed by atoms with Gasteiger partial charge in [-0.25, -0.2) is 0 Å². The standard InChI is InChI=1S/C32H41N3O5S/c1-4-6-10-19-33-29(38)27-32-18-17-31(3,41-32)25(28(37)34-22-13-15-23(16-14-22)40-5-2)26(32)30(39)35(27)24(20-36)21-11-8-7-9-12-21/h7-9,11-16,24-27,36H,4-6,10,17-20H2,1-3H3,(H,33,38)(H,34,37)/t24-,25-,26+,27?,31+,32?/m1/s1. The van der Waals surface area contributed by atoms with Gasteiger partial charge in [-0.15, -0.1) is 11.8 Å². The number of unbranched alkanes of at least 4 members (excludes halogenated alkanes) is 2. The summed E-state index contributed by atoms with van der Waals surface area (Å²) in [6, 6.07) is 15.1. The normalized spacial score (nSPS) is 28.8. The molecular formula is C32H41N3O5S. The summed E-state index contributed by atoms with van der Waals surface area (Å²) in [7, 11) is 0. The minimum atomic E-state index is -0.783. The van der Waals surface area contributed by atoms with Gasteiger partial charge in [-0.1, -0.05) is 50.1 Å². The molecule has 3 aliphatic heterocycles. The highest BCUT2D eigenvalue weighted by atomic mass is 32.2. The van der Waals surface area contributed by atoms with Gasteiger partial charge in [0.2, 0.25) is 17.7 Å². The van der Waals surface area contributed by atoms with Crippen LogP contribution in [0.3, 0.4) is 0 Å². The number of carbonyl (C=O) groups is 3. The van der Waals surface area contributed by atoms with E-state index in [0.29, 0.717) is 25.3 Å². The predicted molar refractivity (Wildman–Crippen MR) is 161 cm³/mol. The summed E-state index contributed by atoms with van der Waals surface area (Å²) in [5, 5.41) is 16.7. The number of likely N-dealkylation sites (tertiary alicyclic amines) is 1. The summed E-state index contributed by atoms with van der Waals surface area (Å²) in [4.78, 5) is 44.0. The summed E-state index contributed by atoms with van der Waals surface area (Å²) < 4.78 is 4.30. The van der Waals surface area contributed by atoms with E-state index >= 15 is 0 Å². The van der Waals surface area contributed by atoms with E-state index in [1.807, 2.05) is 49.4 Å². The second-order valence-corrected chi connectivity index (χ2v) is 13.4. The molecule has 3 amide bonds. The lowest BCUT2D eigenvalue weighted by molar-refractivity contribution is -0.142. The monoisotopic (exact) mass is 579 g/mol. The zero-order valence-electron chi connectivity index (χ0n) is 24.1. The van der Waals surface area contributed by atoms with Crippen LogP contribution < -0.4 is 15.4 Å². The van der Waals surface area contributed by atoms with Gasteiger partial charge in [-0.05, 0) is 62.9 Å². The SMILES string of the molecule is CCCCCNC(=O)C1N([C@H](CO)c2ccccc2)C(=O)[C@@H]2[C@H](C(=O)Nc3ccc(OCC)cc3)[C@]3(C)CCC12S3. The summed E-state index contributed by atoms with van der Waals surface area (Å²) in [5.41, 5.74) is 1.40. The summed E-state index contributed by atoms with van der Waals surface area (Å²) in [6.07, 6.45) is 4.29. The van der Waals surface area contributed by atoms with Crippen molar-refractivity contribution in [1.29, 1.82) is 0 Å². The van der Waals surface area contributed by atoms with Crippen LogP contribution in [0, 0.1) is 11.8 Å². The summed E-state index contributed by atoms with van der Waals surface area (Å²) in [6.45, 7) is 6.85. The Bertz CT molecular complexity index is 1260. The third-order valence-electron chi connectivity index (χ3n) is 8.95. The molecule has 3 heterocycles. The van der Waals surface area contributed by atoms with Gasteiger partial charge >= 0.3 is 0 Å². The Morgan fingerprint density at radius 3 is 2.46 bits per heavy atom. The fourth-order valence-electron chi connectivity index (χ4n) is 7.13. The molecule has 3 aliphatic rings. The van der Waals surface area contributed by atoms with Crippen molar-refractivity contribution in [2.75, 3.05) is 25.1 Å². The third kappa shape index (κ3) is 5.23. The second kappa shape index (κ2) is 12.1. The molecule has 0 saturated carbocycles. The van der Waals surface area contributed by atoms with Gasteiger partial charge in [0.15, 0.2) is 0 Å². The second-order valence-electron chi connectivity index (χ2n) is 11.5. The van der Waals surface area contributed by atoms with E-state index in [9.17, 15) is 19.5 Å². The van der Waals surface area contributed by atoms with Crippen LogP contribution in [0.15, 0.2) is 54.6 Å². The van der Waals surface area contributed by atoms with E-state index in [1.165, 1.54) is 0 Å². The maximum absolute atomic E-state index is 14.5. The highest BCUT2D eigenvalue weighted by molar-refractivity contribution is 8.02. The number of anilines is 1. The average molecular weight is 580 g/mol. The first-order valence-electron chi connectivity index (χ1n) is 14.8. The van der Waals surface area contributed by atoms with E-state index < -0.39 is 33.4 Å². The molecule has 3 fully saturated rings. The number of nitrogens with zero attached hydrogens (tertiary/aromatic N) is 1. The number of amides is 3. The molecule has 2 bridgehead atoms. The number of aliphatic hydroxyl groups excluding tert-OH is 1. The molecule has 9 heteroatoms. The maximum atomic E-state index is 14.5. The molecule has 5 rings (SSSR count). The minimum absolute atomic E-state index is 0.198. The Labute approximate surface area is 246 Å². The van der Waals surface area contributed by atoms with Gasteiger partial charge in [0.1, 0.15) is 11.8 Å². The summed E-state index contributed by atoms with van der Waals surface area (Å²) in [5.74, 6) is -1.21. The van der Waals surface area contributed by atoms with Gasteiger partial charge in [0, 0.05) is 17.0 Å². The van der Waals surface area contributed by atoms with Crippen LogP contribution in [-0.2, 0) is 14.4 Å². The van der Waals surface area contributed by atoms with E-state index in [1.54, 1.807) is 28.8 Å². The van der Waals surface area contributed by atoms with Crippen molar-refractivity contribution in [3.63, 3.8) is 0 Å². The van der Waals surface area contributed by atoms with Crippen molar-refractivity contribution >= 4 is 35.2 Å². The molecule has 3 N–H and O–H groups in total. The van der Waals surface area contributed by atoms with Crippen molar-refractivity contribution in [1.82, 2.24) is 10.2 Å². The van der Waals surface area contributed by atoms with Crippen LogP contribution in [0.5, 0.6) is 5.75 Å². The first kappa shape index (κ1) is 29.5. The molecule has 0 aromatic heterocycles. The van der Waals surface area contributed by atoms with Crippen LogP contribution >= 0.6 is 11.8 Å². The van der Waals surface area contributed by atoms with E-state index in [0.717, 1.165) is 37.0 Å². The lowest BCUT2D eigenvalue weighted by Gasteiger charge is -2.37. The van der Waals surface area contributed by atoms with E-state index in [-0.39, 0.29) is 24.3 Å². The Hall–Kier alpha value is -3.04. The number of rotatable bonds is 12. The smallest absolute Gasteiger partial charge is 0.244 e. The molecule has 8 nitrogen and oxygen atoms in total. The molecule has 6 atom stereocenters. The number of benzene rings is 2. The largest absolute Gasteiger partial charge is 0.494 e. The fraction of sp³-hybridized carbons (Fsp3) is 0.531. The number of nitrogens with one attached hydrogen (secondary N) is 2. The lowest BCUT2D eigenvalue weighted by Crippen LogP contribution is -2.54. The molecule has 2 aromatic rings. The van der Waals surface area contributed by atoms with Crippen molar-refractivity contribution < 1.29 is 24.2 Å². The Morgan fingerprint density at radius 1 is 1.07 bits per heavy atom. The summed E-state index contributed by atoms with van der Waals surface area (Å²) >= 11 is 1.63. The van der Waals surface area contributed by atoms with Crippen molar-refractivity contribution in [3.8, 4) is 5.75 Å². The number of hydrogen-bond donors (Lipinski definition) is 3. The number of hydrogen-bond acceptors (Lipinski definition) is 6. The highest BCUT2D eigenvalue weighted by Crippen LogP contribution is 2.72. The maximum Gasteiger partial charge on any atom is 0.244 e. The topological polar surface area (TPSA) is 108 Å². The first-order valence-corrected chi connectivity index (χ1v) is 15.6. The van der Waals surface area contributed by atoms with E-state index in [2.05, 4.69) is 24.5 Å². The Morgan fingerprint density at radius 2 is 1.80 bits per heavy atom. The molecule has 0 radical (unpaired) electrons. The van der Waals surface area contributed by atoms with Crippen LogP contribution in [0.1, 0.15) is 64.5 Å². The fourth-order valence-corrected chi connectivity index (χ4v) is 9.48. The van der Waals surface area contributed by atoms with Crippen LogP contribution in [0.25, 0.3) is 0 Å². The minimum Gasteiger partial charge on any atom is -0.494 e. The Balaban J connectivity index is 1.49. The molecule has 3 saturated heterocycles. The van der Waals surface area contributed by atoms with E-state index in [4.69, 9.17) is 4.74 Å². The van der Waals surface area contributed by atoms with Crippen molar-refractivity contribution in [2.45, 2.75) is 74.5 Å². The number of ether oxygens (including phenoxy) is 1. The number of carbonyl (C=O) groups excluding carboxylic acids is 3. The lowest BCUT2D eigenvalue weighted by atomic mass is 9.66. The van der Waals surface area contributed by atoms with Crippen molar-refractivity contribution in [3.05, 3.63) is 60.2 Å². The molecule has 2 aromatic carbocycles. The quantitative estimate of drug-likeness (QED) is 0.319. The van der Waals surface area contributed by atoms with Crippen LogP contribution in [0.4, 0.5) is 5.69 Å². The van der Waals surface area contributed by atoms with Crippen LogP contribution in [-0.4, -0.2) is 63.0 Å². The van der Waals surface area contributed by atoms with Gasteiger partial charge in [-0.3, -0.25) is 14.4 Å². The predicted octanol–water partition coefficient (Wildman–Crippen LogP) is 4.55. The number of aliphatic hydroxyl groups is 1. The first-order chi connectivity index (χ1) is 19.8. The number of thioether (sulfide) groups is 1. The van der Waals surface area contributed by atoms with Gasteiger partial charge in [-0.2, -0.15) is 0 Å². The third-order valence-corrected chi connectivity index (χ3v) is 10.9. The van der Waals surface area contributed by atoms with Crippen LogP contribution in [0.2, 0.25) is 0 Å². The zero-order valence-corrected chi connectivity index (χ0v) is 24.9. The van der Waals surface area contributed by atoms with Gasteiger partial charge in [0.05, 0.1) is 35.8 Å². The van der Waals surface area contributed by atoms with Crippen molar-refractivity contribution in [2.24, 2.45) is 11.8 Å². The number of fused-ring (bicyclic) bond motifs is 1. The molecule has 2 unspecified atom stereocenters. The molecule has 0 aliphatic carbocycles. The molecule has 1 spiro atoms. The molecular weight excluding hydrogens is 538 g/mol.